The minimum absolute atomic E-state index is 0.156. The van der Waals surface area contributed by atoms with Crippen molar-refractivity contribution in [3.8, 4) is 12.3 Å². The van der Waals surface area contributed by atoms with Gasteiger partial charge in [-0.3, -0.25) is 13.9 Å². The van der Waals surface area contributed by atoms with Gasteiger partial charge in [0.1, 0.15) is 5.82 Å². The first-order valence-corrected chi connectivity index (χ1v) is 14.2. The Kier molecular flexibility index (Phi) is 7.82. The summed E-state index contributed by atoms with van der Waals surface area (Å²) in [7, 11) is -4.12. The van der Waals surface area contributed by atoms with E-state index in [1.165, 1.54) is 4.57 Å². The van der Waals surface area contributed by atoms with Crippen LogP contribution >= 0.6 is 23.5 Å². The van der Waals surface area contributed by atoms with Crippen LogP contribution in [0.3, 0.4) is 0 Å². The van der Waals surface area contributed by atoms with Crippen LogP contribution in [0.1, 0.15) is 37.1 Å². The zero-order valence-electron chi connectivity index (χ0n) is 19.3. The smallest absolute Gasteiger partial charge is 0.324 e. The SMILES string of the molecule is C#CCn1c(=O)c2c(nc(CCc3ccccc3Br)n2CC2CC2)n(CCCCP(=O)(O)O)c1=O. The molecule has 2 heterocycles. The Bertz CT molecular complexity index is 1440. The summed E-state index contributed by atoms with van der Waals surface area (Å²) in [6.45, 7) is 0.685. The van der Waals surface area contributed by atoms with Gasteiger partial charge in [-0.1, -0.05) is 40.0 Å². The standard InChI is InChI=1S/C24H28BrN4O5P/c1-2-13-28-23(30)21-22(27(24(28)31)14-5-6-15-35(32,33)34)26-20(29(21)16-17-9-10-17)12-11-18-7-3-4-8-19(18)25/h1,3-4,7-8,17H,5-6,9-16H2,(H2,32,33,34). The number of aromatic nitrogens is 4. The lowest BCUT2D eigenvalue weighted by Gasteiger charge is -2.12. The van der Waals surface area contributed by atoms with Gasteiger partial charge in [-0.15, -0.1) is 6.42 Å². The summed E-state index contributed by atoms with van der Waals surface area (Å²) in [6.07, 6.45) is 9.26. The molecule has 1 aliphatic carbocycles. The topological polar surface area (TPSA) is 119 Å². The Morgan fingerprint density at radius 1 is 1.11 bits per heavy atom. The molecular weight excluding hydrogens is 535 g/mol. The first-order chi connectivity index (χ1) is 16.7. The molecule has 0 bridgehead atoms. The van der Waals surface area contributed by atoms with E-state index in [2.05, 4.69) is 21.9 Å². The van der Waals surface area contributed by atoms with Crippen LogP contribution in [0, 0.1) is 18.3 Å². The van der Waals surface area contributed by atoms with Gasteiger partial charge in [0.2, 0.25) is 0 Å². The Hall–Kier alpha value is -2.44. The predicted molar refractivity (Wildman–Crippen MR) is 138 cm³/mol. The quantitative estimate of drug-likeness (QED) is 0.211. The molecule has 4 rings (SSSR count). The van der Waals surface area contributed by atoms with Crippen LogP contribution in [0.15, 0.2) is 38.3 Å². The highest BCUT2D eigenvalue weighted by Crippen LogP contribution is 2.35. The van der Waals surface area contributed by atoms with Crippen LogP contribution in [0.4, 0.5) is 0 Å². The Morgan fingerprint density at radius 3 is 2.51 bits per heavy atom. The van der Waals surface area contributed by atoms with Gasteiger partial charge < -0.3 is 14.4 Å². The van der Waals surface area contributed by atoms with Crippen LogP contribution < -0.4 is 11.2 Å². The fourth-order valence-corrected chi connectivity index (χ4v) is 5.37. The van der Waals surface area contributed by atoms with Crippen molar-refractivity contribution in [3.63, 3.8) is 0 Å². The first-order valence-electron chi connectivity index (χ1n) is 11.6. The third-order valence-corrected chi connectivity index (χ3v) is 7.91. The lowest BCUT2D eigenvalue weighted by Crippen LogP contribution is -2.40. The number of nitrogens with zero attached hydrogens (tertiary/aromatic N) is 4. The van der Waals surface area contributed by atoms with Crippen molar-refractivity contribution in [2.45, 2.75) is 58.2 Å². The minimum Gasteiger partial charge on any atom is -0.324 e. The number of hydrogen-bond acceptors (Lipinski definition) is 4. The molecule has 0 saturated heterocycles. The Balaban J connectivity index is 1.77. The van der Waals surface area contributed by atoms with Crippen molar-refractivity contribution in [3.05, 3.63) is 61.0 Å². The summed E-state index contributed by atoms with van der Waals surface area (Å²) in [5, 5.41) is 0. The zero-order valence-corrected chi connectivity index (χ0v) is 21.7. The number of fused-ring (bicyclic) bond motifs is 1. The van der Waals surface area contributed by atoms with Crippen molar-refractivity contribution in [2.24, 2.45) is 5.92 Å². The summed E-state index contributed by atoms with van der Waals surface area (Å²) in [4.78, 5) is 49.7. The van der Waals surface area contributed by atoms with E-state index in [0.717, 1.165) is 33.3 Å². The highest BCUT2D eigenvalue weighted by atomic mass is 79.9. The van der Waals surface area contributed by atoms with Crippen molar-refractivity contribution in [2.75, 3.05) is 6.16 Å². The molecular formula is C24H28BrN4O5P. The van der Waals surface area contributed by atoms with Gasteiger partial charge in [0, 0.05) is 30.1 Å². The van der Waals surface area contributed by atoms with Crippen LogP contribution in [0.5, 0.6) is 0 Å². The molecule has 35 heavy (non-hydrogen) atoms. The third-order valence-electron chi connectivity index (χ3n) is 6.24. The number of aryl methyl sites for hydroxylation is 3. The summed E-state index contributed by atoms with van der Waals surface area (Å²) < 4.78 is 16.6. The molecule has 1 aliphatic rings. The van der Waals surface area contributed by atoms with Gasteiger partial charge in [0.05, 0.1) is 6.54 Å². The number of rotatable bonds is 11. The van der Waals surface area contributed by atoms with Crippen molar-refractivity contribution in [1.29, 1.82) is 0 Å². The molecule has 0 aliphatic heterocycles. The largest absolute Gasteiger partial charge is 0.333 e. The number of halogens is 1. The van der Waals surface area contributed by atoms with Crippen molar-refractivity contribution >= 4 is 34.7 Å². The highest BCUT2D eigenvalue weighted by molar-refractivity contribution is 9.10. The van der Waals surface area contributed by atoms with Crippen LogP contribution in [-0.4, -0.2) is 34.6 Å². The molecule has 0 radical (unpaired) electrons. The van der Waals surface area contributed by atoms with Crippen LogP contribution in [0.2, 0.25) is 0 Å². The van der Waals surface area contributed by atoms with Gasteiger partial charge in [0.25, 0.3) is 5.56 Å². The van der Waals surface area contributed by atoms with E-state index in [1.807, 2.05) is 28.8 Å². The summed E-state index contributed by atoms with van der Waals surface area (Å²) in [5.74, 6) is 3.60. The summed E-state index contributed by atoms with van der Waals surface area (Å²) >= 11 is 3.58. The molecule has 2 aromatic heterocycles. The molecule has 1 aromatic carbocycles. The molecule has 1 fully saturated rings. The molecule has 3 aromatic rings. The molecule has 0 amide bonds. The van der Waals surface area contributed by atoms with Gasteiger partial charge in [-0.25, -0.2) is 14.3 Å². The van der Waals surface area contributed by atoms with Gasteiger partial charge in [0.15, 0.2) is 11.2 Å². The van der Waals surface area contributed by atoms with E-state index >= 15 is 0 Å². The lowest BCUT2D eigenvalue weighted by molar-refractivity contribution is 0.370. The number of hydrogen-bond donors (Lipinski definition) is 2. The second-order valence-corrected chi connectivity index (χ2v) is 11.6. The number of terminal acetylenes is 1. The Labute approximate surface area is 211 Å². The van der Waals surface area contributed by atoms with Crippen LogP contribution in [0.25, 0.3) is 11.2 Å². The molecule has 2 N–H and O–H groups in total. The average molecular weight is 563 g/mol. The maximum atomic E-state index is 13.4. The Morgan fingerprint density at radius 2 is 1.86 bits per heavy atom. The van der Waals surface area contributed by atoms with E-state index in [1.54, 1.807) is 0 Å². The average Bonchev–Trinajstić information content (AvgIpc) is 3.55. The third kappa shape index (κ3) is 6.04. The van der Waals surface area contributed by atoms with Crippen molar-refractivity contribution < 1.29 is 14.4 Å². The predicted octanol–water partition coefficient (Wildman–Crippen LogP) is 2.91. The number of imidazole rings is 1. The van der Waals surface area contributed by atoms with Gasteiger partial charge >= 0.3 is 13.3 Å². The molecule has 1 saturated carbocycles. The molecule has 0 unspecified atom stereocenters. The van der Waals surface area contributed by atoms with Crippen LogP contribution in [-0.2, 0) is 37.0 Å². The molecule has 0 atom stereocenters. The fourth-order valence-electron chi connectivity index (χ4n) is 4.25. The van der Waals surface area contributed by atoms with E-state index < -0.39 is 18.8 Å². The summed E-state index contributed by atoms with van der Waals surface area (Å²) in [5.41, 5.74) is 0.799. The number of benzene rings is 1. The van der Waals surface area contributed by atoms with E-state index in [9.17, 15) is 14.2 Å². The molecule has 186 valence electrons. The highest BCUT2D eigenvalue weighted by Gasteiger charge is 2.27. The normalized spacial score (nSPS) is 13.9. The molecule has 11 heteroatoms. The monoisotopic (exact) mass is 562 g/mol. The lowest BCUT2D eigenvalue weighted by atomic mass is 10.1. The summed E-state index contributed by atoms with van der Waals surface area (Å²) in [6, 6.07) is 7.95. The molecule has 9 nitrogen and oxygen atoms in total. The van der Waals surface area contributed by atoms with Gasteiger partial charge in [-0.05, 0) is 49.7 Å². The minimum atomic E-state index is -4.12. The van der Waals surface area contributed by atoms with Gasteiger partial charge in [-0.2, -0.15) is 0 Å². The van der Waals surface area contributed by atoms with Crippen molar-refractivity contribution in [1.82, 2.24) is 18.7 Å². The van der Waals surface area contributed by atoms with E-state index in [-0.39, 0.29) is 25.7 Å². The maximum Gasteiger partial charge on any atom is 0.333 e. The van der Waals surface area contributed by atoms with E-state index in [4.69, 9.17) is 21.2 Å². The number of unbranched alkanes of at least 4 members (excludes halogenated alkanes) is 1. The fraction of sp³-hybridized carbons (Fsp3) is 0.458. The molecule has 0 spiro atoms. The zero-order chi connectivity index (χ0) is 25.2. The second-order valence-electron chi connectivity index (χ2n) is 8.97. The second kappa shape index (κ2) is 10.7. The maximum absolute atomic E-state index is 13.4. The van der Waals surface area contributed by atoms with E-state index in [0.29, 0.717) is 42.9 Å². The first kappa shape index (κ1) is 25.6.